The number of aryl methyl sites for hydroxylation is 1. The number of H-pyrrole nitrogens is 1. The van der Waals surface area contributed by atoms with E-state index in [9.17, 15) is 14.9 Å². The lowest BCUT2D eigenvalue weighted by molar-refractivity contribution is -0.757. The van der Waals surface area contributed by atoms with Gasteiger partial charge in [-0.1, -0.05) is 73.5 Å². The number of benzene rings is 2. The molecule has 0 atom stereocenters. The molecule has 0 aliphatic carbocycles. The summed E-state index contributed by atoms with van der Waals surface area (Å²) < 4.78 is 7.49. The van der Waals surface area contributed by atoms with Crippen molar-refractivity contribution in [1.82, 2.24) is 30.2 Å². The molecular formula is C27H30ClN7O5. The highest BCUT2D eigenvalue weighted by molar-refractivity contribution is 6.30. The van der Waals surface area contributed by atoms with E-state index in [4.69, 9.17) is 16.3 Å². The van der Waals surface area contributed by atoms with Gasteiger partial charge in [0.2, 0.25) is 5.82 Å². The Morgan fingerprint density at radius 3 is 2.58 bits per heavy atom. The molecule has 2 aromatic heterocycles. The molecule has 0 spiro atoms. The van der Waals surface area contributed by atoms with Crippen LogP contribution in [-0.4, -0.2) is 47.8 Å². The zero-order chi connectivity index (χ0) is 28.3. The van der Waals surface area contributed by atoms with E-state index in [1.165, 1.54) is 0 Å². The lowest BCUT2D eigenvalue weighted by Gasteiger charge is -2.14. The number of hydrogen-bond acceptors (Lipinski definition) is 9. The monoisotopic (exact) mass is 567 g/mol. The summed E-state index contributed by atoms with van der Waals surface area (Å²) in [6.07, 6.45) is 3.63. The minimum Gasteiger partial charge on any atom is -0.459 e. The summed E-state index contributed by atoms with van der Waals surface area (Å²) in [4.78, 5) is 31.3. The maximum Gasteiger partial charge on any atom is 0.306 e. The summed E-state index contributed by atoms with van der Waals surface area (Å²) in [6.45, 7) is 2.55. The topological polar surface area (TPSA) is 151 Å². The third-order valence-electron chi connectivity index (χ3n) is 6.32. The molecule has 1 N–H and O–H groups in total. The average molecular weight is 568 g/mol. The van der Waals surface area contributed by atoms with Gasteiger partial charge >= 0.3 is 5.97 Å². The van der Waals surface area contributed by atoms with E-state index in [1.807, 2.05) is 53.1 Å². The Morgan fingerprint density at radius 2 is 1.88 bits per heavy atom. The number of hydrogen-bond donors (Lipinski definition) is 1. The molecule has 4 rings (SSSR count). The molecule has 40 heavy (non-hydrogen) atoms. The molecule has 2 aromatic carbocycles. The van der Waals surface area contributed by atoms with Crippen molar-refractivity contribution in [3.05, 3.63) is 80.9 Å². The summed E-state index contributed by atoms with van der Waals surface area (Å²) in [5, 5.41) is 24.1. The second-order valence-electron chi connectivity index (χ2n) is 9.11. The van der Waals surface area contributed by atoms with E-state index in [-0.39, 0.29) is 19.6 Å². The van der Waals surface area contributed by atoms with Crippen LogP contribution in [0.3, 0.4) is 0 Å². The smallest absolute Gasteiger partial charge is 0.306 e. The molecule has 0 saturated carbocycles. The van der Waals surface area contributed by atoms with Gasteiger partial charge in [0.25, 0.3) is 5.09 Å². The Hall–Kier alpha value is -4.32. The van der Waals surface area contributed by atoms with Crippen molar-refractivity contribution in [2.45, 2.75) is 58.6 Å². The summed E-state index contributed by atoms with van der Waals surface area (Å²) in [6, 6.07) is 16.0. The second-order valence-corrected chi connectivity index (χ2v) is 9.47. The Morgan fingerprint density at radius 1 is 1.10 bits per heavy atom. The van der Waals surface area contributed by atoms with E-state index in [0.29, 0.717) is 36.1 Å². The highest BCUT2D eigenvalue weighted by Crippen LogP contribution is 2.30. The van der Waals surface area contributed by atoms with Crippen LogP contribution in [0.15, 0.2) is 48.5 Å². The fraction of sp³-hybridized carbons (Fsp3) is 0.370. The molecule has 13 heteroatoms. The zero-order valence-electron chi connectivity index (χ0n) is 22.1. The number of esters is 1. The van der Waals surface area contributed by atoms with Crippen molar-refractivity contribution >= 4 is 17.6 Å². The van der Waals surface area contributed by atoms with Gasteiger partial charge in [0, 0.05) is 24.9 Å². The molecule has 0 aliphatic heterocycles. The van der Waals surface area contributed by atoms with E-state index in [0.717, 1.165) is 47.3 Å². The number of halogens is 1. The molecule has 0 aliphatic rings. The van der Waals surface area contributed by atoms with Crippen molar-refractivity contribution in [3.8, 4) is 22.5 Å². The van der Waals surface area contributed by atoms with Gasteiger partial charge in [0.15, 0.2) is 5.15 Å². The molecule has 0 radical (unpaired) electrons. The highest BCUT2D eigenvalue weighted by Gasteiger charge is 2.18. The predicted octanol–water partition coefficient (Wildman–Crippen LogP) is 5.20. The fourth-order valence-electron chi connectivity index (χ4n) is 4.26. The van der Waals surface area contributed by atoms with Gasteiger partial charge in [0.05, 0.1) is 12.3 Å². The third-order valence-corrected chi connectivity index (χ3v) is 6.62. The summed E-state index contributed by atoms with van der Waals surface area (Å²) >= 11 is 6.50. The molecule has 4 aromatic rings. The Bertz CT molecular complexity index is 1410. The average Bonchev–Trinajstić information content (AvgIpc) is 3.59. The third kappa shape index (κ3) is 7.63. The maximum absolute atomic E-state index is 12.3. The van der Waals surface area contributed by atoms with Crippen LogP contribution < -0.4 is 0 Å². The number of carbonyl (C=O) groups is 1. The van der Waals surface area contributed by atoms with Crippen molar-refractivity contribution in [2.75, 3.05) is 6.61 Å². The Kier molecular flexibility index (Phi) is 10.2. The molecule has 12 nitrogen and oxygen atoms in total. The van der Waals surface area contributed by atoms with Crippen LogP contribution in [0.4, 0.5) is 0 Å². The summed E-state index contributed by atoms with van der Waals surface area (Å²) in [5.74, 6) is 0.948. The number of nitrogens with zero attached hydrogens (tertiary/aromatic N) is 6. The van der Waals surface area contributed by atoms with Gasteiger partial charge < -0.3 is 14.1 Å². The quantitative estimate of drug-likeness (QED) is 0.0884. The zero-order valence-corrected chi connectivity index (χ0v) is 22.8. The minimum absolute atomic E-state index is 0.0155. The van der Waals surface area contributed by atoms with Crippen molar-refractivity contribution in [2.24, 2.45) is 0 Å². The minimum atomic E-state index is -0.847. The molecular weight excluding hydrogens is 538 g/mol. The van der Waals surface area contributed by atoms with Gasteiger partial charge in [0.1, 0.15) is 12.4 Å². The summed E-state index contributed by atoms with van der Waals surface area (Å²) in [7, 11) is 0. The number of tetrazole rings is 1. The van der Waals surface area contributed by atoms with Gasteiger partial charge in [-0.2, -0.15) is 5.21 Å². The molecule has 0 fully saturated rings. The normalized spacial score (nSPS) is 10.9. The lowest BCUT2D eigenvalue weighted by Crippen LogP contribution is -2.12. The number of nitrogens with one attached hydrogen (secondary N) is 1. The second kappa shape index (κ2) is 14.2. The molecule has 0 amide bonds. The van der Waals surface area contributed by atoms with Gasteiger partial charge in [-0.3, -0.25) is 4.79 Å². The molecule has 2 heterocycles. The highest BCUT2D eigenvalue weighted by atomic mass is 35.5. The number of carbonyl (C=O) groups excluding carboxylic acids is 1. The van der Waals surface area contributed by atoms with E-state index in [2.05, 4.69) is 37.4 Å². The molecule has 0 unspecified atom stereocenters. The number of rotatable bonds is 15. The van der Waals surface area contributed by atoms with Crippen LogP contribution in [-0.2, 0) is 33.9 Å². The molecule has 0 saturated heterocycles. The summed E-state index contributed by atoms with van der Waals surface area (Å²) in [5.41, 5.74) is 4.54. The number of aromatic amines is 1. The van der Waals surface area contributed by atoms with Gasteiger partial charge in [-0.25, -0.2) is 4.98 Å². The molecule has 210 valence electrons. The number of unbranched alkanes of at least 4 members (excludes halogenated alkanes) is 2. The van der Waals surface area contributed by atoms with Crippen LogP contribution in [0, 0.1) is 10.1 Å². The largest absolute Gasteiger partial charge is 0.459 e. The van der Waals surface area contributed by atoms with E-state index < -0.39 is 11.1 Å². The number of imidazole rings is 1. The number of ether oxygens (including phenoxy) is 1. The first-order valence-electron chi connectivity index (χ1n) is 13.0. The first-order valence-corrected chi connectivity index (χ1v) is 13.4. The van der Waals surface area contributed by atoms with Crippen LogP contribution in [0.2, 0.25) is 5.15 Å². The van der Waals surface area contributed by atoms with E-state index in [1.54, 1.807) is 0 Å². The van der Waals surface area contributed by atoms with Gasteiger partial charge in [-0.05, 0) is 41.2 Å². The van der Waals surface area contributed by atoms with Crippen molar-refractivity contribution in [1.29, 1.82) is 0 Å². The Labute approximate surface area is 235 Å². The van der Waals surface area contributed by atoms with Crippen LogP contribution in [0.5, 0.6) is 0 Å². The van der Waals surface area contributed by atoms with Gasteiger partial charge in [-0.15, -0.1) is 20.3 Å². The van der Waals surface area contributed by atoms with Crippen molar-refractivity contribution in [3.63, 3.8) is 0 Å². The first-order chi connectivity index (χ1) is 19.5. The standard InChI is InChI=1S/C27H30ClN7O5/c1-2-3-10-24-29-26(28)23(18-39-25(36)11-6-7-16-40-35(37)38)34(24)17-19-12-14-20(15-13-19)21-8-4-5-9-22(21)27-30-32-33-31-27/h4-5,8-9,12-15H,2-3,6-7,10-11,16-18H2,1H3,(H,30,31,32,33). The fourth-order valence-corrected chi connectivity index (χ4v) is 4.52. The number of aromatic nitrogens is 6. The first kappa shape index (κ1) is 28.7. The van der Waals surface area contributed by atoms with Crippen LogP contribution >= 0.6 is 11.6 Å². The maximum atomic E-state index is 12.3. The van der Waals surface area contributed by atoms with E-state index >= 15 is 0 Å². The van der Waals surface area contributed by atoms with Crippen LogP contribution in [0.1, 0.15) is 56.1 Å². The SMILES string of the molecule is CCCCc1nc(Cl)c(COC(=O)CCCCO[N+](=O)[O-])n1Cc1ccc(-c2ccccc2-c2nn[nH]n2)cc1. The van der Waals surface area contributed by atoms with Crippen LogP contribution in [0.25, 0.3) is 22.5 Å². The molecule has 0 bridgehead atoms. The lowest BCUT2D eigenvalue weighted by atomic mass is 9.98. The predicted molar refractivity (Wildman–Crippen MR) is 147 cm³/mol. The Balaban J connectivity index is 1.47. The van der Waals surface area contributed by atoms with Crippen molar-refractivity contribution < 1.29 is 19.5 Å².